The highest BCUT2D eigenvalue weighted by atomic mass is 32.2. The molecule has 2 heterocycles. The summed E-state index contributed by atoms with van der Waals surface area (Å²) in [5.41, 5.74) is 4.93. The molecule has 0 aromatic carbocycles. The van der Waals surface area contributed by atoms with Gasteiger partial charge >= 0.3 is 6.03 Å². The summed E-state index contributed by atoms with van der Waals surface area (Å²) in [6, 6.07) is -0.618. The molecule has 0 bridgehead atoms. The molecule has 6 atom stereocenters. The maximum absolute atomic E-state index is 15.0. The Bertz CT molecular complexity index is 717. The van der Waals surface area contributed by atoms with E-state index in [1.165, 1.54) is 4.90 Å². The average Bonchev–Trinajstić information content (AvgIpc) is 3.15. The Hall–Kier alpha value is -1.57. The Labute approximate surface area is 186 Å². The predicted molar refractivity (Wildman–Crippen MR) is 115 cm³/mol. The molecule has 4 fully saturated rings. The Morgan fingerprint density at radius 2 is 1.81 bits per heavy atom. The quantitative estimate of drug-likeness (QED) is 0.554. The third kappa shape index (κ3) is 4.78. The summed E-state index contributed by atoms with van der Waals surface area (Å²) in [5, 5.41) is 6.49. The maximum atomic E-state index is 15.0. The Kier molecular flexibility index (Phi) is 6.94. The summed E-state index contributed by atoms with van der Waals surface area (Å²) in [7, 11) is 0. The number of primary amides is 1. The number of thioether (sulfide) groups is 1. The van der Waals surface area contributed by atoms with Crippen molar-refractivity contribution in [2.75, 3.05) is 26.2 Å². The van der Waals surface area contributed by atoms with E-state index in [-0.39, 0.29) is 36.3 Å². The monoisotopic (exact) mass is 455 g/mol. The summed E-state index contributed by atoms with van der Waals surface area (Å²) < 4.78 is 30.0. The predicted octanol–water partition coefficient (Wildman–Crippen LogP) is 1.04. The first-order valence-corrected chi connectivity index (χ1v) is 12.1. The first-order chi connectivity index (χ1) is 14.9. The van der Waals surface area contributed by atoms with Crippen LogP contribution in [0, 0.1) is 24.2 Å². The molecule has 31 heavy (non-hydrogen) atoms. The minimum atomic E-state index is -1.55. The zero-order valence-corrected chi connectivity index (χ0v) is 18.3. The summed E-state index contributed by atoms with van der Waals surface area (Å²) >= 11 is 1.60. The number of urea groups is 1. The highest BCUT2D eigenvalue weighted by Gasteiger charge is 2.47. The van der Waals surface area contributed by atoms with Gasteiger partial charge in [-0.25, -0.2) is 13.6 Å². The molecule has 172 valence electrons. The van der Waals surface area contributed by atoms with Crippen LogP contribution in [0.15, 0.2) is 0 Å². The molecule has 0 radical (unpaired) electrons. The molecule has 2 saturated carbocycles. The fourth-order valence-corrected chi connectivity index (χ4v) is 6.99. The average molecular weight is 456 g/mol. The molecule has 10 heteroatoms. The van der Waals surface area contributed by atoms with Crippen LogP contribution in [0.2, 0.25) is 0 Å². The van der Waals surface area contributed by atoms with Crippen LogP contribution in [0.4, 0.5) is 13.6 Å². The molecular weight excluding hydrogens is 424 g/mol. The lowest BCUT2D eigenvalue weighted by atomic mass is 9.81. The number of piperazine rings is 1. The van der Waals surface area contributed by atoms with Crippen LogP contribution in [-0.2, 0) is 4.79 Å². The number of carbonyl (C=O) groups is 2. The van der Waals surface area contributed by atoms with Crippen molar-refractivity contribution in [3.63, 3.8) is 0 Å². The van der Waals surface area contributed by atoms with Crippen LogP contribution < -0.4 is 16.4 Å². The topological polar surface area (TPSA) is 90.7 Å². The normalized spacial score (nSPS) is 41.3. The summed E-state index contributed by atoms with van der Waals surface area (Å²) in [6.45, 7) is 1.97. The zero-order chi connectivity index (χ0) is 22.1. The number of hydrogen-bond donors (Lipinski definition) is 3. The van der Waals surface area contributed by atoms with Gasteiger partial charge in [-0.05, 0) is 25.7 Å². The zero-order valence-electron chi connectivity index (χ0n) is 17.5. The van der Waals surface area contributed by atoms with E-state index >= 15 is 0 Å². The van der Waals surface area contributed by atoms with Crippen LogP contribution in [-0.4, -0.2) is 83.1 Å². The number of nitrogens with zero attached hydrogens (tertiary/aromatic N) is 2. The minimum Gasteiger partial charge on any atom is -0.351 e. The fourth-order valence-electron chi connectivity index (χ4n) is 5.48. The largest absolute Gasteiger partial charge is 0.351 e. The van der Waals surface area contributed by atoms with E-state index in [2.05, 4.69) is 16.6 Å². The highest BCUT2D eigenvalue weighted by molar-refractivity contribution is 8.00. The van der Waals surface area contributed by atoms with Gasteiger partial charge in [-0.3, -0.25) is 15.0 Å². The van der Waals surface area contributed by atoms with E-state index in [0.717, 1.165) is 19.3 Å². The summed E-state index contributed by atoms with van der Waals surface area (Å²) in [5.74, 6) is 1.09. The molecule has 2 aliphatic heterocycles. The third-order valence-corrected chi connectivity index (χ3v) is 8.60. The second-order valence-electron chi connectivity index (χ2n) is 9.00. The van der Waals surface area contributed by atoms with Crippen molar-refractivity contribution in [1.29, 1.82) is 0 Å². The van der Waals surface area contributed by atoms with Crippen molar-refractivity contribution in [3.8, 4) is 12.3 Å². The molecule has 7 nitrogen and oxygen atoms in total. The van der Waals surface area contributed by atoms with Gasteiger partial charge in [0, 0.05) is 49.4 Å². The van der Waals surface area contributed by atoms with Crippen molar-refractivity contribution in [2.24, 2.45) is 17.6 Å². The standard InChI is InChI=1S/C21H31F2N5O2S/c1-2-12-4-3-5-16-18(12)25-21(31-16)26-19(29)17-14(22)10-13(11-15(17)23)27-6-8-28(9-7-27)20(24)30/h1,12-18,21,25H,3-11H2,(H2,24,30)(H,26,29). The number of rotatable bonds is 3. The molecule has 4 rings (SSSR count). The third-order valence-electron chi connectivity index (χ3n) is 7.20. The van der Waals surface area contributed by atoms with Crippen LogP contribution in [0.3, 0.4) is 0 Å². The minimum absolute atomic E-state index is 0.116. The van der Waals surface area contributed by atoms with E-state index in [0.29, 0.717) is 31.4 Å². The molecule has 4 aliphatic rings. The second kappa shape index (κ2) is 9.51. The lowest BCUT2D eigenvalue weighted by Crippen LogP contribution is -2.58. The first kappa shape index (κ1) is 22.6. The maximum Gasteiger partial charge on any atom is 0.314 e. The number of hydrogen-bond acceptors (Lipinski definition) is 5. The Balaban J connectivity index is 1.30. The summed E-state index contributed by atoms with van der Waals surface area (Å²) in [6.07, 6.45) is 5.82. The van der Waals surface area contributed by atoms with Crippen molar-refractivity contribution in [3.05, 3.63) is 0 Å². The number of fused-ring (bicyclic) bond motifs is 1. The second-order valence-corrected chi connectivity index (χ2v) is 10.4. The van der Waals surface area contributed by atoms with Gasteiger partial charge in [0.15, 0.2) is 0 Å². The lowest BCUT2D eigenvalue weighted by Gasteiger charge is -2.43. The first-order valence-electron chi connectivity index (χ1n) is 11.1. The molecule has 0 spiro atoms. The molecular formula is C21H31F2N5O2S. The van der Waals surface area contributed by atoms with Crippen LogP contribution in [0.5, 0.6) is 0 Å². The molecule has 0 aromatic rings. The molecule has 2 saturated heterocycles. The molecule has 3 amide bonds. The van der Waals surface area contributed by atoms with Gasteiger partial charge in [0.1, 0.15) is 23.8 Å². The Morgan fingerprint density at radius 1 is 1.13 bits per heavy atom. The Morgan fingerprint density at radius 3 is 2.42 bits per heavy atom. The van der Waals surface area contributed by atoms with Gasteiger partial charge in [-0.15, -0.1) is 24.1 Å². The molecule has 4 N–H and O–H groups in total. The van der Waals surface area contributed by atoms with E-state index in [9.17, 15) is 18.4 Å². The number of halogens is 2. The van der Waals surface area contributed by atoms with Crippen molar-refractivity contribution >= 4 is 23.7 Å². The van der Waals surface area contributed by atoms with Crippen LogP contribution in [0.25, 0.3) is 0 Å². The number of nitrogens with one attached hydrogen (secondary N) is 2. The number of nitrogens with two attached hydrogens (primary N) is 1. The number of alkyl halides is 2. The van der Waals surface area contributed by atoms with E-state index in [1.54, 1.807) is 11.8 Å². The SMILES string of the molecule is C#CC1CCCC2SC(NC(=O)C3C(F)CC(N4CCN(C(N)=O)CC4)CC3F)NC12. The van der Waals surface area contributed by atoms with Gasteiger partial charge in [0.2, 0.25) is 5.91 Å². The van der Waals surface area contributed by atoms with Gasteiger partial charge in [-0.1, -0.05) is 6.42 Å². The number of carbonyl (C=O) groups excluding carboxylic acids is 2. The van der Waals surface area contributed by atoms with E-state index in [1.807, 2.05) is 4.90 Å². The fraction of sp³-hybridized carbons (Fsp3) is 0.810. The summed E-state index contributed by atoms with van der Waals surface area (Å²) in [4.78, 5) is 27.6. The lowest BCUT2D eigenvalue weighted by molar-refractivity contribution is -0.133. The van der Waals surface area contributed by atoms with Crippen LogP contribution in [0.1, 0.15) is 32.1 Å². The van der Waals surface area contributed by atoms with Gasteiger partial charge in [0.05, 0.1) is 0 Å². The highest BCUT2D eigenvalue weighted by Crippen LogP contribution is 2.39. The number of amides is 3. The van der Waals surface area contributed by atoms with Gasteiger partial charge in [0.25, 0.3) is 0 Å². The number of terminal acetylenes is 1. The van der Waals surface area contributed by atoms with E-state index in [4.69, 9.17) is 12.2 Å². The van der Waals surface area contributed by atoms with E-state index < -0.39 is 30.2 Å². The molecule has 2 aliphatic carbocycles. The molecule has 0 aromatic heterocycles. The molecule has 6 unspecified atom stereocenters. The van der Waals surface area contributed by atoms with Crippen LogP contribution >= 0.6 is 11.8 Å². The van der Waals surface area contributed by atoms with Gasteiger partial charge in [-0.2, -0.15) is 0 Å². The van der Waals surface area contributed by atoms with Crippen molar-refractivity contribution < 1.29 is 18.4 Å². The smallest absolute Gasteiger partial charge is 0.314 e. The van der Waals surface area contributed by atoms with Crippen molar-refractivity contribution in [2.45, 2.75) is 67.3 Å². The van der Waals surface area contributed by atoms with Gasteiger partial charge < -0.3 is 16.0 Å². The van der Waals surface area contributed by atoms with Crippen molar-refractivity contribution in [1.82, 2.24) is 20.4 Å².